The summed E-state index contributed by atoms with van der Waals surface area (Å²) in [6, 6.07) is 31.1. The minimum atomic E-state index is -2.30. The second kappa shape index (κ2) is 7.81. The van der Waals surface area contributed by atoms with Crippen molar-refractivity contribution in [2.45, 2.75) is 13.8 Å². The van der Waals surface area contributed by atoms with Crippen LogP contribution in [0.4, 0.5) is 0 Å². The first-order chi connectivity index (χ1) is 12.6. The van der Waals surface area contributed by atoms with E-state index in [4.69, 9.17) is 0 Å². The van der Waals surface area contributed by atoms with E-state index in [0.717, 1.165) is 21.2 Å². The summed E-state index contributed by atoms with van der Waals surface area (Å²) in [6.07, 6.45) is 0. The van der Waals surface area contributed by atoms with Gasteiger partial charge in [0.1, 0.15) is 28.5 Å². The van der Waals surface area contributed by atoms with E-state index >= 15 is 0 Å². The summed E-state index contributed by atoms with van der Waals surface area (Å²) in [5, 5.41) is 4.21. The Morgan fingerprint density at radius 3 is 1.27 bits per heavy atom. The molecule has 0 fully saturated rings. The summed E-state index contributed by atoms with van der Waals surface area (Å²) < 4.78 is 0. The molecule has 2 heteroatoms. The lowest BCUT2D eigenvalue weighted by molar-refractivity contribution is -0.117. The minimum absolute atomic E-state index is 0.0852. The molecule has 0 unspecified atom stereocenters. The third kappa shape index (κ3) is 3.16. The van der Waals surface area contributed by atoms with Gasteiger partial charge in [0, 0.05) is 5.92 Å². The maximum absolute atomic E-state index is 13.1. The first-order valence-electron chi connectivity index (χ1n) is 8.88. The molecule has 0 amide bonds. The van der Waals surface area contributed by atoms with Crippen molar-refractivity contribution in [3.05, 3.63) is 103 Å². The molecule has 0 aromatic heterocycles. The van der Waals surface area contributed by atoms with E-state index < -0.39 is 7.26 Å². The Morgan fingerprint density at radius 2 is 1.00 bits per heavy atom. The van der Waals surface area contributed by atoms with E-state index in [1.807, 2.05) is 68.4 Å². The molecule has 1 nitrogen and oxygen atoms in total. The van der Waals surface area contributed by atoms with Crippen molar-refractivity contribution in [1.82, 2.24) is 0 Å². The van der Waals surface area contributed by atoms with Crippen molar-refractivity contribution in [3.8, 4) is 0 Å². The van der Waals surface area contributed by atoms with Crippen LogP contribution in [0.5, 0.6) is 0 Å². The lowest BCUT2D eigenvalue weighted by atomic mass is 10.1. The average Bonchev–Trinajstić information content (AvgIpc) is 2.70. The molecule has 0 saturated heterocycles. The van der Waals surface area contributed by atoms with Gasteiger partial charge in [0.25, 0.3) is 0 Å². The van der Waals surface area contributed by atoms with E-state index in [9.17, 15) is 4.79 Å². The van der Waals surface area contributed by atoms with Crippen LogP contribution >= 0.6 is 7.26 Å². The zero-order chi connectivity index (χ0) is 18.6. The maximum atomic E-state index is 13.1. The van der Waals surface area contributed by atoms with Gasteiger partial charge in [0.15, 0.2) is 0 Å². The number of Topliss-reactive ketones (excluding diaryl/α,β-unsaturated/α-hetero) is 1. The van der Waals surface area contributed by atoms with E-state index in [0.29, 0.717) is 0 Å². The fraction of sp³-hybridized carbons (Fsp3) is 0.125. The molecule has 0 spiro atoms. The first-order valence-corrected chi connectivity index (χ1v) is 10.7. The summed E-state index contributed by atoms with van der Waals surface area (Å²) >= 11 is 0. The van der Waals surface area contributed by atoms with E-state index in [-0.39, 0.29) is 11.7 Å². The number of ketones is 1. The van der Waals surface area contributed by atoms with Crippen LogP contribution in [-0.2, 0) is 4.79 Å². The summed E-state index contributed by atoms with van der Waals surface area (Å²) in [7, 11) is -2.30. The van der Waals surface area contributed by atoms with Crippen molar-refractivity contribution < 1.29 is 4.79 Å². The Bertz CT molecular complexity index is 787. The molecular formula is C24H24OP+. The Labute approximate surface area is 156 Å². The molecule has 0 aliphatic heterocycles. The molecule has 0 radical (unpaired) electrons. The molecule has 0 aliphatic carbocycles. The van der Waals surface area contributed by atoms with Crippen LogP contribution in [0.1, 0.15) is 13.8 Å². The van der Waals surface area contributed by atoms with Crippen molar-refractivity contribution in [1.29, 1.82) is 0 Å². The SMILES string of the molecule is C=C(C(=O)C(C)C)[P+](c1ccccc1)(c1ccccc1)c1ccccc1. The number of rotatable bonds is 6. The normalized spacial score (nSPS) is 11.3. The summed E-state index contributed by atoms with van der Waals surface area (Å²) in [4.78, 5) is 13.1. The molecule has 3 rings (SSSR count). The van der Waals surface area contributed by atoms with Gasteiger partial charge in [0.05, 0.1) is 0 Å². The lowest BCUT2D eigenvalue weighted by Crippen LogP contribution is -2.35. The second-order valence-electron chi connectivity index (χ2n) is 6.64. The molecule has 0 heterocycles. The number of benzene rings is 3. The van der Waals surface area contributed by atoms with Crippen LogP contribution in [0.15, 0.2) is 103 Å². The van der Waals surface area contributed by atoms with Crippen LogP contribution in [0.25, 0.3) is 0 Å². The topological polar surface area (TPSA) is 17.1 Å². The van der Waals surface area contributed by atoms with Crippen LogP contribution in [0, 0.1) is 5.92 Å². The smallest absolute Gasteiger partial charge is 0.200 e. The number of carbonyl (C=O) groups excluding carboxylic acids is 1. The van der Waals surface area contributed by atoms with Crippen molar-refractivity contribution in [3.63, 3.8) is 0 Å². The number of hydrogen-bond acceptors (Lipinski definition) is 1. The average molecular weight is 359 g/mol. The molecule has 3 aromatic carbocycles. The van der Waals surface area contributed by atoms with Crippen molar-refractivity contribution in [2.75, 3.05) is 0 Å². The first kappa shape index (κ1) is 18.3. The molecular weight excluding hydrogens is 335 g/mol. The van der Waals surface area contributed by atoms with E-state index in [2.05, 4.69) is 43.0 Å². The zero-order valence-corrected chi connectivity index (χ0v) is 16.2. The highest BCUT2D eigenvalue weighted by Gasteiger charge is 2.51. The van der Waals surface area contributed by atoms with Crippen LogP contribution in [-0.4, -0.2) is 5.78 Å². The molecule has 130 valence electrons. The van der Waals surface area contributed by atoms with Crippen molar-refractivity contribution in [2.24, 2.45) is 5.92 Å². The Balaban J connectivity index is 2.40. The molecule has 0 bridgehead atoms. The predicted octanol–water partition coefficient (Wildman–Crippen LogP) is 4.72. The molecule has 0 N–H and O–H groups in total. The van der Waals surface area contributed by atoms with Crippen molar-refractivity contribution >= 4 is 29.0 Å². The molecule has 3 aromatic rings. The number of allylic oxidation sites excluding steroid dienone is 1. The van der Waals surface area contributed by atoms with Gasteiger partial charge in [-0.15, -0.1) is 0 Å². The fourth-order valence-corrected chi connectivity index (χ4v) is 7.64. The quantitative estimate of drug-likeness (QED) is 0.460. The van der Waals surface area contributed by atoms with Gasteiger partial charge in [-0.05, 0) is 36.4 Å². The monoisotopic (exact) mass is 359 g/mol. The maximum Gasteiger partial charge on any atom is 0.200 e. The summed E-state index contributed by atoms with van der Waals surface area (Å²) in [5.74, 6) is 0.0490. The van der Waals surface area contributed by atoms with Gasteiger partial charge in [-0.2, -0.15) is 0 Å². The molecule has 0 saturated carbocycles. The minimum Gasteiger partial charge on any atom is -0.290 e. The largest absolute Gasteiger partial charge is 0.290 e. The highest BCUT2D eigenvalue weighted by Crippen LogP contribution is 2.62. The van der Waals surface area contributed by atoms with Gasteiger partial charge in [-0.3, -0.25) is 4.79 Å². The summed E-state index contributed by atoms with van der Waals surface area (Å²) in [6.45, 7) is 8.27. The van der Waals surface area contributed by atoms with Gasteiger partial charge < -0.3 is 0 Å². The summed E-state index contributed by atoms with van der Waals surface area (Å²) in [5.41, 5.74) is 0. The lowest BCUT2D eigenvalue weighted by Gasteiger charge is -2.28. The Kier molecular flexibility index (Phi) is 5.49. The second-order valence-corrected chi connectivity index (χ2v) is 10.1. The van der Waals surface area contributed by atoms with Gasteiger partial charge in [-0.1, -0.05) is 75.0 Å². The number of carbonyl (C=O) groups is 1. The Hall–Kier alpha value is -2.50. The van der Waals surface area contributed by atoms with Gasteiger partial charge >= 0.3 is 0 Å². The molecule has 0 atom stereocenters. The third-order valence-corrected chi connectivity index (χ3v) is 8.89. The fourth-order valence-electron chi connectivity index (χ4n) is 3.37. The molecule has 0 aliphatic rings. The van der Waals surface area contributed by atoms with Gasteiger partial charge in [-0.25, -0.2) is 0 Å². The Morgan fingerprint density at radius 1 is 0.692 bits per heavy atom. The standard InChI is InChI=1S/C24H24OP/c1-19(2)24(25)20(3)26(21-13-7-4-8-14-21,22-15-9-5-10-16-22)23-17-11-6-12-18-23/h4-19H,3H2,1-2H3/q+1. The predicted molar refractivity (Wildman–Crippen MR) is 114 cm³/mol. The number of hydrogen-bond donors (Lipinski definition) is 0. The molecule has 26 heavy (non-hydrogen) atoms. The highest BCUT2D eigenvalue weighted by molar-refractivity contribution is 7.99. The highest BCUT2D eigenvalue weighted by atomic mass is 31.2. The van der Waals surface area contributed by atoms with Gasteiger partial charge in [0.2, 0.25) is 5.78 Å². The third-order valence-electron chi connectivity index (χ3n) is 4.64. The van der Waals surface area contributed by atoms with Crippen LogP contribution in [0.3, 0.4) is 0 Å². The van der Waals surface area contributed by atoms with Crippen LogP contribution < -0.4 is 15.9 Å². The van der Waals surface area contributed by atoms with Crippen LogP contribution in [0.2, 0.25) is 0 Å². The van der Waals surface area contributed by atoms with E-state index in [1.54, 1.807) is 0 Å². The zero-order valence-electron chi connectivity index (χ0n) is 15.3. The van der Waals surface area contributed by atoms with E-state index in [1.165, 1.54) is 0 Å².